The van der Waals surface area contributed by atoms with Crippen molar-refractivity contribution >= 4 is 21.8 Å². The van der Waals surface area contributed by atoms with Gasteiger partial charge in [-0.3, -0.25) is 0 Å². The van der Waals surface area contributed by atoms with Crippen molar-refractivity contribution in [3.8, 4) is 0 Å². The van der Waals surface area contributed by atoms with Gasteiger partial charge in [-0.25, -0.2) is 18.5 Å². The zero-order valence-corrected chi connectivity index (χ0v) is 14.0. The number of benzene rings is 1. The van der Waals surface area contributed by atoms with E-state index in [9.17, 15) is 8.42 Å². The molecule has 0 radical (unpaired) electrons. The Balaban J connectivity index is 1.90. The smallest absolute Gasteiger partial charge is 0.238 e. The predicted molar refractivity (Wildman–Crippen MR) is 90.8 cm³/mol. The summed E-state index contributed by atoms with van der Waals surface area (Å²) < 4.78 is 22.4. The van der Waals surface area contributed by atoms with Crippen LogP contribution in [0, 0.1) is 0 Å². The zero-order chi connectivity index (χ0) is 16.9. The van der Waals surface area contributed by atoms with Gasteiger partial charge in [0, 0.05) is 18.8 Å². The van der Waals surface area contributed by atoms with Crippen molar-refractivity contribution in [1.29, 1.82) is 0 Å². The molecule has 0 unspecified atom stereocenters. The zero-order valence-electron chi connectivity index (χ0n) is 13.2. The van der Waals surface area contributed by atoms with E-state index in [1.807, 2.05) is 19.9 Å². The van der Waals surface area contributed by atoms with Crippen LogP contribution in [-0.4, -0.2) is 31.0 Å². The number of nitrogens with two attached hydrogens (primary N) is 1. The summed E-state index contributed by atoms with van der Waals surface area (Å²) in [5, 5.41) is 11.4. The molecular weight excluding hydrogens is 314 g/mol. The van der Waals surface area contributed by atoms with E-state index in [1.165, 1.54) is 12.1 Å². The topological polar surface area (TPSA) is 110 Å². The van der Waals surface area contributed by atoms with Crippen LogP contribution < -0.4 is 15.8 Å². The van der Waals surface area contributed by atoms with Crippen LogP contribution in [0.5, 0.6) is 0 Å². The van der Waals surface area contributed by atoms with Crippen molar-refractivity contribution in [3.05, 3.63) is 42.1 Å². The van der Waals surface area contributed by atoms with Gasteiger partial charge in [0.1, 0.15) is 5.82 Å². The third-order valence-corrected chi connectivity index (χ3v) is 3.97. The fourth-order valence-corrected chi connectivity index (χ4v) is 2.50. The molecule has 0 amide bonds. The summed E-state index contributed by atoms with van der Waals surface area (Å²) in [6.45, 7) is 4.72. The van der Waals surface area contributed by atoms with Gasteiger partial charge in [-0.1, -0.05) is 12.1 Å². The number of aromatic nitrogens is 2. The van der Waals surface area contributed by atoms with Crippen LogP contribution in [-0.2, 0) is 16.4 Å². The fraction of sp³-hybridized carbons (Fsp3) is 0.333. The lowest BCUT2D eigenvalue weighted by Crippen LogP contribution is -2.13. The minimum atomic E-state index is -3.64. The average molecular weight is 335 g/mol. The van der Waals surface area contributed by atoms with Crippen LogP contribution in [0.15, 0.2) is 41.4 Å². The molecule has 0 saturated carbocycles. The van der Waals surface area contributed by atoms with Gasteiger partial charge in [0.2, 0.25) is 16.0 Å². The highest BCUT2D eigenvalue weighted by molar-refractivity contribution is 7.89. The molecule has 8 heteroatoms. The third-order valence-electron chi connectivity index (χ3n) is 3.04. The number of hydrogen-bond donors (Lipinski definition) is 3. The normalized spacial score (nSPS) is 11.5. The van der Waals surface area contributed by atoms with Crippen LogP contribution in [0.25, 0.3) is 0 Å². The van der Waals surface area contributed by atoms with E-state index in [-0.39, 0.29) is 4.90 Å². The van der Waals surface area contributed by atoms with Crippen molar-refractivity contribution in [2.75, 3.05) is 17.2 Å². The summed E-state index contributed by atoms with van der Waals surface area (Å²) in [4.78, 5) is 8.64. The molecule has 0 bridgehead atoms. The molecule has 0 saturated heterocycles. The SMILES string of the molecule is CC(C)Nc1ccnc(NCCc2ccc(S(N)(=O)=O)cc2)n1. The molecule has 0 aliphatic carbocycles. The van der Waals surface area contributed by atoms with Crippen LogP contribution in [0.2, 0.25) is 0 Å². The summed E-state index contributed by atoms with van der Waals surface area (Å²) in [5.41, 5.74) is 1.00. The number of nitrogens with one attached hydrogen (secondary N) is 2. The van der Waals surface area contributed by atoms with E-state index in [0.717, 1.165) is 17.8 Å². The Morgan fingerprint density at radius 3 is 2.48 bits per heavy atom. The summed E-state index contributed by atoms with van der Waals surface area (Å²) in [5.74, 6) is 1.33. The van der Waals surface area contributed by atoms with E-state index >= 15 is 0 Å². The Labute approximate surface area is 136 Å². The van der Waals surface area contributed by atoms with Gasteiger partial charge in [-0.15, -0.1) is 0 Å². The second kappa shape index (κ2) is 7.38. The van der Waals surface area contributed by atoms with E-state index < -0.39 is 10.0 Å². The Bertz CT molecular complexity index is 745. The molecule has 7 nitrogen and oxygen atoms in total. The number of anilines is 2. The quantitative estimate of drug-likeness (QED) is 0.709. The van der Waals surface area contributed by atoms with Gasteiger partial charge < -0.3 is 10.6 Å². The molecule has 0 fully saturated rings. The van der Waals surface area contributed by atoms with E-state index in [1.54, 1.807) is 18.3 Å². The molecule has 1 aromatic carbocycles. The summed E-state index contributed by atoms with van der Waals surface area (Å²) in [6.07, 6.45) is 2.41. The molecule has 0 spiro atoms. The number of nitrogens with zero attached hydrogens (tertiary/aromatic N) is 2. The van der Waals surface area contributed by atoms with Gasteiger partial charge in [-0.05, 0) is 44.0 Å². The number of rotatable bonds is 7. The summed E-state index contributed by atoms with van der Waals surface area (Å²) in [6, 6.07) is 8.63. The van der Waals surface area contributed by atoms with E-state index in [4.69, 9.17) is 5.14 Å². The average Bonchev–Trinajstić information content (AvgIpc) is 2.46. The van der Waals surface area contributed by atoms with Gasteiger partial charge in [0.25, 0.3) is 0 Å². The minimum absolute atomic E-state index is 0.116. The standard InChI is InChI=1S/C15H21N5O2S/c1-11(2)19-14-8-10-18-15(20-14)17-9-7-12-3-5-13(6-4-12)23(16,21)22/h3-6,8,10-11H,7,9H2,1-2H3,(H2,16,21,22)(H2,17,18,19,20). The van der Waals surface area contributed by atoms with Crippen LogP contribution in [0.4, 0.5) is 11.8 Å². The maximum absolute atomic E-state index is 11.2. The van der Waals surface area contributed by atoms with Crippen LogP contribution in [0.1, 0.15) is 19.4 Å². The highest BCUT2D eigenvalue weighted by atomic mass is 32.2. The highest BCUT2D eigenvalue weighted by Gasteiger charge is 2.06. The molecule has 0 aliphatic rings. The molecule has 2 rings (SSSR count). The lowest BCUT2D eigenvalue weighted by molar-refractivity contribution is 0.598. The van der Waals surface area contributed by atoms with Gasteiger partial charge in [-0.2, -0.15) is 4.98 Å². The first-order chi connectivity index (χ1) is 10.8. The number of primary sulfonamides is 1. The first kappa shape index (κ1) is 17.2. The summed E-state index contributed by atoms with van der Waals surface area (Å²) in [7, 11) is -3.64. The lowest BCUT2D eigenvalue weighted by Gasteiger charge is -2.10. The van der Waals surface area contributed by atoms with E-state index in [2.05, 4.69) is 20.6 Å². The molecular formula is C15H21N5O2S. The fourth-order valence-electron chi connectivity index (χ4n) is 1.98. The van der Waals surface area contributed by atoms with Crippen molar-refractivity contribution in [1.82, 2.24) is 9.97 Å². The first-order valence-corrected chi connectivity index (χ1v) is 8.84. The van der Waals surface area contributed by atoms with Crippen molar-refractivity contribution < 1.29 is 8.42 Å². The van der Waals surface area contributed by atoms with Crippen molar-refractivity contribution in [2.24, 2.45) is 5.14 Å². The predicted octanol–water partition coefficient (Wildman–Crippen LogP) is 1.60. The van der Waals surface area contributed by atoms with Gasteiger partial charge >= 0.3 is 0 Å². The summed E-state index contributed by atoms with van der Waals surface area (Å²) >= 11 is 0. The Kier molecular flexibility index (Phi) is 5.51. The Morgan fingerprint density at radius 2 is 1.87 bits per heavy atom. The molecule has 0 aliphatic heterocycles. The molecule has 2 aromatic rings. The molecule has 1 aromatic heterocycles. The second-order valence-corrected chi connectivity index (χ2v) is 6.99. The third kappa shape index (κ3) is 5.50. The van der Waals surface area contributed by atoms with Crippen molar-refractivity contribution in [3.63, 3.8) is 0 Å². The van der Waals surface area contributed by atoms with E-state index in [0.29, 0.717) is 18.5 Å². The van der Waals surface area contributed by atoms with Gasteiger partial charge in [0.15, 0.2) is 0 Å². The molecule has 0 atom stereocenters. The van der Waals surface area contributed by atoms with Crippen molar-refractivity contribution in [2.45, 2.75) is 31.2 Å². The number of hydrogen-bond acceptors (Lipinski definition) is 6. The molecule has 1 heterocycles. The highest BCUT2D eigenvalue weighted by Crippen LogP contribution is 2.10. The minimum Gasteiger partial charge on any atom is -0.368 e. The Morgan fingerprint density at radius 1 is 1.17 bits per heavy atom. The molecule has 4 N–H and O–H groups in total. The lowest BCUT2D eigenvalue weighted by atomic mass is 10.1. The monoisotopic (exact) mass is 335 g/mol. The maximum Gasteiger partial charge on any atom is 0.238 e. The largest absolute Gasteiger partial charge is 0.368 e. The molecule has 124 valence electrons. The van der Waals surface area contributed by atoms with Crippen LogP contribution >= 0.6 is 0 Å². The number of sulfonamides is 1. The maximum atomic E-state index is 11.2. The van der Waals surface area contributed by atoms with Crippen LogP contribution in [0.3, 0.4) is 0 Å². The first-order valence-electron chi connectivity index (χ1n) is 7.30. The molecule has 23 heavy (non-hydrogen) atoms. The second-order valence-electron chi connectivity index (χ2n) is 5.43. The van der Waals surface area contributed by atoms with Gasteiger partial charge in [0.05, 0.1) is 4.90 Å². The Hall–Kier alpha value is -2.19.